The van der Waals surface area contributed by atoms with E-state index in [1.165, 1.54) is 5.56 Å². The molecule has 1 N–H and O–H groups in total. The standard InChI is InChI=1S/C24H26N2O5/c27-22-14-24(16-26(22)19-4-2-18(3-5-19)23(28)29)7-9-25(10-8-24)15-17-1-6-20-21(13-17)31-12-11-30-20/h1-6,13H,7-12,14-16H2,(H,28,29). The molecule has 0 radical (unpaired) electrons. The molecule has 3 aliphatic heterocycles. The lowest BCUT2D eigenvalue weighted by molar-refractivity contribution is -0.118. The summed E-state index contributed by atoms with van der Waals surface area (Å²) >= 11 is 0. The Labute approximate surface area is 181 Å². The van der Waals surface area contributed by atoms with E-state index in [9.17, 15) is 9.59 Å². The Hall–Kier alpha value is -3.06. The minimum Gasteiger partial charge on any atom is -0.486 e. The number of anilines is 1. The summed E-state index contributed by atoms with van der Waals surface area (Å²) in [6.45, 7) is 4.66. The second kappa shape index (κ2) is 7.89. The summed E-state index contributed by atoms with van der Waals surface area (Å²) in [7, 11) is 0. The van der Waals surface area contributed by atoms with Gasteiger partial charge in [-0.3, -0.25) is 9.69 Å². The van der Waals surface area contributed by atoms with Crippen molar-refractivity contribution in [2.45, 2.75) is 25.8 Å². The van der Waals surface area contributed by atoms with Gasteiger partial charge in [0.15, 0.2) is 11.5 Å². The van der Waals surface area contributed by atoms with Gasteiger partial charge in [0, 0.05) is 25.2 Å². The number of rotatable bonds is 4. The molecule has 1 spiro atoms. The quantitative estimate of drug-likeness (QED) is 0.815. The van der Waals surface area contributed by atoms with E-state index in [2.05, 4.69) is 17.0 Å². The molecule has 3 heterocycles. The first-order valence-corrected chi connectivity index (χ1v) is 10.8. The van der Waals surface area contributed by atoms with Crippen molar-refractivity contribution in [3.63, 3.8) is 0 Å². The zero-order valence-corrected chi connectivity index (χ0v) is 17.4. The summed E-state index contributed by atoms with van der Waals surface area (Å²) in [6, 6.07) is 12.7. The highest BCUT2D eigenvalue weighted by molar-refractivity contribution is 5.97. The number of aromatic carboxylic acids is 1. The van der Waals surface area contributed by atoms with Crippen LogP contribution in [0.2, 0.25) is 0 Å². The van der Waals surface area contributed by atoms with Gasteiger partial charge in [-0.2, -0.15) is 0 Å². The van der Waals surface area contributed by atoms with E-state index in [1.54, 1.807) is 24.3 Å². The molecule has 0 atom stereocenters. The van der Waals surface area contributed by atoms with Gasteiger partial charge < -0.3 is 19.5 Å². The molecule has 1 amide bonds. The number of carbonyl (C=O) groups excluding carboxylic acids is 1. The van der Waals surface area contributed by atoms with Crippen LogP contribution in [-0.2, 0) is 11.3 Å². The molecule has 7 heteroatoms. The van der Waals surface area contributed by atoms with Gasteiger partial charge in [0.2, 0.25) is 5.91 Å². The van der Waals surface area contributed by atoms with E-state index < -0.39 is 5.97 Å². The van der Waals surface area contributed by atoms with Crippen LogP contribution in [0.3, 0.4) is 0 Å². The first-order valence-electron chi connectivity index (χ1n) is 10.8. The summed E-state index contributed by atoms with van der Waals surface area (Å²) in [4.78, 5) is 28.1. The monoisotopic (exact) mass is 422 g/mol. The van der Waals surface area contributed by atoms with Crippen molar-refractivity contribution in [1.82, 2.24) is 4.90 Å². The van der Waals surface area contributed by atoms with E-state index in [1.807, 2.05) is 11.0 Å². The fourth-order valence-electron chi connectivity index (χ4n) is 4.88. The fraction of sp³-hybridized carbons (Fsp3) is 0.417. The van der Waals surface area contributed by atoms with Gasteiger partial charge in [-0.25, -0.2) is 4.79 Å². The van der Waals surface area contributed by atoms with Crippen LogP contribution < -0.4 is 14.4 Å². The maximum Gasteiger partial charge on any atom is 0.335 e. The Morgan fingerprint density at radius 1 is 1.00 bits per heavy atom. The maximum atomic E-state index is 12.7. The highest BCUT2D eigenvalue weighted by atomic mass is 16.6. The predicted octanol–water partition coefficient (Wildman–Crippen LogP) is 3.18. The molecule has 0 aromatic heterocycles. The van der Waals surface area contributed by atoms with Crippen LogP contribution in [0, 0.1) is 5.41 Å². The molecule has 7 nitrogen and oxygen atoms in total. The second-order valence-electron chi connectivity index (χ2n) is 8.76. The number of carbonyl (C=O) groups is 2. The van der Waals surface area contributed by atoms with Crippen molar-refractivity contribution in [3.8, 4) is 11.5 Å². The number of nitrogens with zero attached hydrogens (tertiary/aromatic N) is 2. The van der Waals surface area contributed by atoms with E-state index in [0.29, 0.717) is 26.2 Å². The first kappa shape index (κ1) is 19.9. The lowest BCUT2D eigenvalue weighted by Gasteiger charge is -2.39. The third-order valence-electron chi connectivity index (χ3n) is 6.68. The van der Waals surface area contributed by atoms with Crippen molar-refractivity contribution < 1.29 is 24.2 Å². The summed E-state index contributed by atoms with van der Waals surface area (Å²) in [5.41, 5.74) is 2.23. The molecule has 2 aromatic rings. The van der Waals surface area contributed by atoms with Crippen molar-refractivity contribution in [2.75, 3.05) is 37.7 Å². The lowest BCUT2D eigenvalue weighted by atomic mass is 9.77. The molecular formula is C24H26N2O5. The Morgan fingerprint density at radius 3 is 2.42 bits per heavy atom. The van der Waals surface area contributed by atoms with E-state index in [-0.39, 0.29) is 16.9 Å². The molecule has 3 aliphatic rings. The number of hydrogen-bond donors (Lipinski definition) is 1. The molecule has 0 saturated carbocycles. The molecule has 2 aromatic carbocycles. The topological polar surface area (TPSA) is 79.3 Å². The smallest absolute Gasteiger partial charge is 0.335 e. The third-order valence-corrected chi connectivity index (χ3v) is 6.68. The van der Waals surface area contributed by atoms with Crippen LogP contribution in [0.5, 0.6) is 11.5 Å². The minimum absolute atomic E-state index is 0.00581. The number of amides is 1. The van der Waals surface area contributed by atoms with E-state index in [0.717, 1.165) is 49.7 Å². The van der Waals surface area contributed by atoms with Gasteiger partial charge in [0.1, 0.15) is 13.2 Å². The zero-order chi connectivity index (χ0) is 21.4. The summed E-state index contributed by atoms with van der Waals surface area (Å²) in [5.74, 6) is 0.807. The maximum absolute atomic E-state index is 12.7. The minimum atomic E-state index is -0.957. The largest absolute Gasteiger partial charge is 0.486 e. The van der Waals surface area contributed by atoms with Crippen molar-refractivity contribution in [3.05, 3.63) is 53.6 Å². The SMILES string of the molecule is O=C(O)c1ccc(N2CC3(CCN(Cc4ccc5c(c4)OCCO5)CC3)CC2=O)cc1. The number of carboxylic acids is 1. The Balaban J connectivity index is 1.21. The van der Waals surface area contributed by atoms with Gasteiger partial charge in [-0.05, 0) is 73.3 Å². The number of benzene rings is 2. The van der Waals surface area contributed by atoms with Gasteiger partial charge in [-0.15, -0.1) is 0 Å². The normalized spacial score (nSPS) is 20.3. The fourth-order valence-corrected chi connectivity index (χ4v) is 4.88. The third kappa shape index (κ3) is 3.97. The number of ether oxygens (including phenoxy) is 2. The highest BCUT2D eigenvalue weighted by Crippen LogP contribution is 2.43. The molecular weight excluding hydrogens is 396 g/mol. The molecule has 162 valence electrons. The van der Waals surface area contributed by atoms with Gasteiger partial charge >= 0.3 is 5.97 Å². The summed E-state index contributed by atoms with van der Waals surface area (Å²) in [5, 5.41) is 9.08. The van der Waals surface area contributed by atoms with Gasteiger partial charge in [-0.1, -0.05) is 6.07 Å². The van der Waals surface area contributed by atoms with Crippen LogP contribution in [0.4, 0.5) is 5.69 Å². The number of fused-ring (bicyclic) bond motifs is 1. The van der Waals surface area contributed by atoms with Crippen molar-refractivity contribution in [2.24, 2.45) is 5.41 Å². The van der Waals surface area contributed by atoms with Crippen LogP contribution in [0.25, 0.3) is 0 Å². The number of likely N-dealkylation sites (tertiary alicyclic amines) is 1. The summed E-state index contributed by atoms with van der Waals surface area (Å²) in [6.07, 6.45) is 2.52. The molecule has 2 fully saturated rings. The molecule has 0 unspecified atom stereocenters. The Morgan fingerprint density at radius 2 is 1.71 bits per heavy atom. The van der Waals surface area contributed by atoms with Crippen molar-refractivity contribution >= 4 is 17.6 Å². The van der Waals surface area contributed by atoms with Gasteiger partial charge in [0.25, 0.3) is 0 Å². The van der Waals surface area contributed by atoms with Gasteiger partial charge in [0.05, 0.1) is 5.56 Å². The molecule has 0 aliphatic carbocycles. The van der Waals surface area contributed by atoms with Crippen LogP contribution in [0.1, 0.15) is 35.2 Å². The van der Waals surface area contributed by atoms with Crippen LogP contribution in [0.15, 0.2) is 42.5 Å². The Bertz CT molecular complexity index is 996. The average Bonchev–Trinajstić information content (AvgIpc) is 3.11. The molecule has 31 heavy (non-hydrogen) atoms. The number of hydrogen-bond acceptors (Lipinski definition) is 5. The number of carboxylic acid groups (broad SMARTS) is 1. The summed E-state index contributed by atoms with van der Waals surface area (Å²) < 4.78 is 11.3. The van der Waals surface area contributed by atoms with Crippen LogP contribution in [-0.4, -0.2) is 54.7 Å². The molecule has 2 saturated heterocycles. The zero-order valence-electron chi connectivity index (χ0n) is 17.4. The molecule has 0 bridgehead atoms. The highest BCUT2D eigenvalue weighted by Gasteiger charge is 2.45. The average molecular weight is 422 g/mol. The second-order valence-corrected chi connectivity index (χ2v) is 8.76. The Kier molecular flexibility index (Phi) is 5.06. The van der Waals surface area contributed by atoms with E-state index in [4.69, 9.17) is 14.6 Å². The first-order chi connectivity index (χ1) is 15.0. The molecule has 5 rings (SSSR count). The number of piperidine rings is 1. The van der Waals surface area contributed by atoms with E-state index >= 15 is 0 Å². The van der Waals surface area contributed by atoms with Crippen LogP contribution >= 0.6 is 0 Å². The lowest BCUT2D eigenvalue weighted by Crippen LogP contribution is -2.41. The van der Waals surface area contributed by atoms with Crippen molar-refractivity contribution in [1.29, 1.82) is 0 Å². The predicted molar refractivity (Wildman–Crippen MR) is 115 cm³/mol.